The van der Waals surface area contributed by atoms with Crippen molar-refractivity contribution in [2.24, 2.45) is 0 Å². The number of rotatable bonds is 3. The number of carbonyl (C=O) groups is 2. The van der Waals surface area contributed by atoms with Crippen molar-refractivity contribution in [3.05, 3.63) is 45.3 Å². The third-order valence-electron chi connectivity index (χ3n) is 4.91. The Balaban J connectivity index is 1.83. The Labute approximate surface area is 196 Å². The largest absolute Gasteiger partial charge is 0.337 e. The zero-order valence-electron chi connectivity index (χ0n) is 17.9. The Hall–Kier alpha value is -2.61. The lowest BCUT2D eigenvalue weighted by Gasteiger charge is -2.26. The number of carbonyl (C=O) groups excluding carboxylic acids is 2. The highest BCUT2D eigenvalue weighted by molar-refractivity contribution is 7.91. The van der Waals surface area contributed by atoms with Crippen LogP contribution in [0.2, 0.25) is 5.02 Å². The first-order valence-electron chi connectivity index (χ1n) is 9.81. The number of nitrogens with one attached hydrogen (secondary N) is 2. The van der Waals surface area contributed by atoms with E-state index in [1.54, 1.807) is 12.1 Å². The van der Waals surface area contributed by atoms with Crippen LogP contribution in [-0.2, 0) is 15.3 Å². The number of hydrogen-bond acceptors (Lipinski definition) is 6. The Morgan fingerprint density at radius 1 is 1.16 bits per heavy atom. The molecule has 2 heterocycles. The Morgan fingerprint density at radius 2 is 1.81 bits per heavy atom. The van der Waals surface area contributed by atoms with E-state index in [0.29, 0.717) is 21.8 Å². The van der Waals surface area contributed by atoms with Crippen molar-refractivity contribution in [1.82, 2.24) is 4.90 Å². The minimum absolute atomic E-state index is 0.0717. The minimum Gasteiger partial charge on any atom is -0.337 e. The molecule has 0 saturated carbocycles. The summed E-state index contributed by atoms with van der Waals surface area (Å²) in [5, 5.41) is 14.9. The second-order valence-corrected chi connectivity index (χ2v) is 12.2. The van der Waals surface area contributed by atoms with Gasteiger partial charge < -0.3 is 10.2 Å². The highest BCUT2D eigenvalue weighted by atomic mass is 35.5. The number of nitriles is 1. The van der Waals surface area contributed by atoms with E-state index in [-0.39, 0.29) is 40.9 Å². The van der Waals surface area contributed by atoms with Crippen molar-refractivity contribution < 1.29 is 18.0 Å². The first kappa shape index (κ1) is 24.0. The number of benzene rings is 1. The number of urea groups is 1. The van der Waals surface area contributed by atoms with Crippen LogP contribution in [0.15, 0.2) is 24.3 Å². The van der Waals surface area contributed by atoms with Gasteiger partial charge in [-0.1, -0.05) is 32.4 Å². The quantitative estimate of drug-likeness (QED) is 0.666. The molecule has 0 bridgehead atoms. The monoisotopic (exact) mass is 494 g/mol. The second kappa shape index (κ2) is 9.10. The maximum atomic E-state index is 13.1. The number of anilines is 2. The van der Waals surface area contributed by atoms with E-state index in [9.17, 15) is 18.0 Å². The van der Waals surface area contributed by atoms with Crippen molar-refractivity contribution in [1.29, 1.82) is 5.26 Å². The summed E-state index contributed by atoms with van der Waals surface area (Å²) in [6.45, 7) is 6.25. The zero-order chi connectivity index (χ0) is 23.7. The molecule has 2 N–H and O–H groups in total. The van der Waals surface area contributed by atoms with E-state index in [1.165, 1.54) is 28.4 Å². The molecule has 32 heavy (non-hydrogen) atoms. The highest BCUT2D eigenvalue weighted by Crippen LogP contribution is 2.37. The van der Waals surface area contributed by atoms with Crippen LogP contribution in [0.25, 0.3) is 0 Å². The normalized spacial score (nSPS) is 15.7. The SMILES string of the molecule is CC(C)(C)c1cc(C(=O)N2CCS(=O)(=O)CC2)c(NC(=O)Nc2ccc(C#N)c(Cl)c2)s1. The Morgan fingerprint density at radius 3 is 2.38 bits per heavy atom. The molecule has 1 aliphatic heterocycles. The lowest BCUT2D eigenvalue weighted by molar-refractivity contribution is 0.0771. The molecule has 1 aliphatic rings. The fourth-order valence-electron chi connectivity index (χ4n) is 3.05. The second-order valence-electron chi connectivity index (χ2n) is 8.43. The number of halogens is 1. The van der Waals surface area contributed by atoms with E-state index in [0.717, 1.165) is 4.88 Å². The molecule has 11 heteroatoms. The smallest absolute Gasteiger partial charge is 0.324 e. The summed E-state index contributed by atoms with van der Waals surface area (Å²) < 4.78 is 23.4. The van der Waals surface area contributed by atoms with E-state index < -0.39 is 15.9 Å². The molecule has 0 spiro atoms. The summed E-state index contributed by atoms with van der Waals surface area (Å²) in [7, 11) is -3.12. The van der Waals surface area contributed by atoms with Crippen LogP contribution >= 0.6 is 22.9 Å². The van der Waals surface area contributed by atoms with Gasteiger partial charge in [0.1, 0.15) is 11.1 Å². The van der Waals surface area contributed by atoms with Crippen molar-refractivity contribution in [2.45, 2.75) is 26.2 Å². The zero-order valence-corrected chi connectivity index (χ0v) is 20.2. The van der Waals surface area contributed by atoms with Crippen LogP contribution in [0.4, 0.5) is 15.5 Å². The van der Waals surface area contributed by atoms with Gasteiger partial charge in [-0.3, -0.25) is 10.1 Å². The van der Waals surface area contributed by atoms with Crippen LogP contribution in [0.5, 0.6) is 0 Å². The van der Waals surface area contributed by atoms with Crippen LogP contribution in [0.1, 0.15) is 41.6 Å². The summed E-state index contributed by atoms with van der Waals surface area (Å²) in [4.78, 5) is 28.2. The van der Waals surface area contributed by atoms with Gasteiger partial charge >= 0.3 is 6.03 Å². The first-order chi connectivity index (χ1) is 14.9. The molecule has 0 atom stereocenters. The van der Waals surface area contributed by atoms with E-state index in [1.807, 2.05) is 26.8 Å². The van der Waals surface area contributed by atoms with Crippen LogP contribution in [0.3, 0.4) is 0 Å². The maximum Gasteiger partial charge on any atom is 0.324 e. The molecule has 3 rings (SSSR count). The van der Waals surface area contributed by atoms with E-state index in [4.69, 9.17) is 16.9 Å². The summed E-state index contributed by atoms with van der Waals surface area (Å²) in [5.41, 5.74) is 0.768. The topological polar surface area (TPSA) is 119 Å². The fourth-order valence-corrected chi connectivity index (χ4v) is 5.57. The molecule has 0 radical (unpaired) electrons. The van der Waals surface area contributed by atoms with Crippen molar-refractivity contribution >= 4 is 55.4 Å². The minimum atomic E-state index is -3.12. The Bertz CT molecular complexity index is 1200. The van der Waals surface area contributed by atoms with Gasteiger partial charge in [0.25, 0.3) is 5.91 Å². The molecule has 1 aromatic carbocycles. The molecular weight excluding hydrogens is 472 g/mol. The molecular formula is C21H23ClN4O4S2. The molecule has 1 aromatic heterocycles. The van der Waals surface area contributed by atoms with E-state index in [2.05, 4.69) is 10.6 Å². The van der Waals surface area contributed by atoms with Crippen molar-refractivity contribution in [2.75, 3.05) is 35.2 Å². The third kappa shape index (κ3) is 5.59. The summed E-state index contributed by atoms with van der Waals surface area (Å²) >= 11 is 7.31. The molecule has 8 nitrogen and oxygen atoms in total. The molecule has 1 saturated heterocycles. The van der Waals surface area contributed by atoms with Crippen molar-refractivity contribution in [3.8, 4) is 6.07 Å². The van der Waals surface area contributed by atoms with Gasteiger partial charge in [-0.15, -0.1) is 11.3 Å². The average molecular weight is 495 g/mol. The van der Waals surface area contributed by atoms with Gasteiger partial charge in [0.2, 0.25) is 0 Å². The number of nitrogens with zero attached hydrogens (tertiary/aromatic N) is 2. The van der Waals surface area contributed by atoms with Crippen LogP contribution < -0.4 is 10.6 Å². The van der Waals surface area contributed by atoms with Gasteiger partial charge in [0, 0.05) is 23.7 Å². The summed E-state index contributed by atoms with van der Waals surface area (Å²) in [5.74, 6) is -0.460. The predicted molar refractivity (Wildman–Crippen MR) is 126 cm³/mol. The van der Waals surface area contributed by atoms with Crippen LogP contribution in [0, 0.1) is 11.3 Å². The van der Waals surface area contributed by atoms with Gasteiger partial charge in [0.05, 0.1) is 27.7 Å². The first-order valence-corrected chi connectivity index (χ1v) is 12.8. The molecule has 3 amide bonds. The lowest BCUT2D eigenvalue weighted by Crippen LogP contribution is -2.43. The fraction of sp³-hybridized carbons (Fsp3) is 0.381. The lowest BCUT2D eigenvalue weighted by atomic mass is 9.94. The number of hydrogen-bond donors (Lipinski definition) is 2. The third-order valence-corrected chi connectivity index (χ3v) is 8.31. The van der Waals surface area contributed by atoms with Gasteiger partial charge in [0.15, 0.2) is 9.84 Å². The number of thiophene rings is 1. The molecule has 170 valence electrons. The molecule has 0 aliphatic carbocycles. The number of sulfone groups is 1. The maximum absolute atomic E-state index is 13.1. The van der Waals surface area contributed by atoms with E-state index >= 15 is 0 Å². The van der Waals surface area contributed by atoms with Gasteiger partial charge in [-0.05, 0) is 29.7 Å². The summed E-state index contributed by atoms with van der Waals surface area (Å²) in [6, 6.07) is 7.66. The standard InChI is InChI=1S/C21H23ClN4O4S2/c1-21(2,3)17-11-15(19(27)26-6-8-32(29,30)9-7-26)18(31-17)25-20(28)24-14-5-4-13(12-23)16(22)10-14/h4-5,10-11H,6-9H2,1-3H3,(H2,24,25,28). The predicted octanol–water partition coefficient (Wildman–Crippen LogP) is 4.09. The van der Waals surface area contributed by atoms with Crippen LogP contribution in [-0.4, -0.2) is 49.9 Å². The number of amides is 3. The molecule has 1 fully saturated rings. The molecule has 2 aromatic rings. The average Bonchev–Trinajstić information content (AvgIpc) is 3.11. The highest BCUT2D eigenvalue weighted by Gasteiger charge is 2.30. The Kier molecular flexibility index (Phi) is 6.83. The summed E-state index contributed by atoms with van der Waals surface area (Å²) in [6.07, 6.45) is 0. The van der Waals surface area contributed by atoms with Crippen molar-refractivity contribution in [3.63, 3.8) is 0 Å². The van der Waals surface area contributed by atoms with Gasteiger partial charge in [-0.2, -0.15) is 5.26 Å². The van der Waals surface area contributed by atoms with Gasteiger partial charge in [-0.25, -0.2) is 13.2 Å². The molecule has 0 unspecified atom stereocenters.